The van der Waals surface area contributed by atoms with E-state index in [-0.39, 0.29) is 41.4 Å². The maximum atomic E-state index is 14.3. The van der Waals surface area contributed by atoms with Gasteiger partial charge in [-0.15, -0.1) is 23.2 Å². The molecule has 3 aromatic rings. The lowest BCUT2D eigenvalue weighted by Gasteiger charge is -2.49. The lowest BCUT2D eigenvalue weighted by Crippen LogP contribution is -2.60. The summed E-state index contributed by atoms with van der Waals surface area (Å²) >= 11 is 14.5. The molecule has 2 aromatic carbocycles. The third-order valence-electron chi connectivity index (χ3n) is 9.32. The molecule has 1 N–H and O–H groups in total. The molecule has 1 aromatic heterocycles. The topological polar surface area (TPSA) is 151 Å². The highest BCUT2D eigenvalue weighted by atomic mass is 35.5. The van der Waals surface area contributed by atoms with Gasteiger partial charge in [0.15, 0.2) is 9.75 Å². The van der Waals surface area contributed by atoms with E-state index in [2.05, 4.69) is 0 Å². The number of aliphatic hydroxyl groups is 1. The van der Waals surface area contributed by atoms with E-state index < -0.39 is 74.4 Å². The average molecular weight is 654 g/mol. The van der Waals surface area contributed by atoms with Gasteiger partial charge in [0, 0.05) is 12.1 Å². The highest BCUT2D eigenvalue weighted by Crippen LogP contribution is 2.66. The van der Waals surface area contributed by atoms with E-state index in [0.29, 0.717) is 5.57 Å². The first-order valence-corrected chi connectivity index (χ1v) is 14.7. The number of amides is 4. The highest BCUT2D eigenvalue weighted by Gasteiger charge is 2.77. The van der Waals surface area contributed by atoms with E-state index in [1.54, 1.807) is 6.08 Å². The van der Waals surface area contributed by atoms with Gasteiger partial charge in [-0.2, -0.15) is 0 Å². The number of halogens is 3. The van der Waals surface area contributed by atoms with Crippen LogP contribution in [0.1, 0.15) is 30.3 Å². The standard InChI is InChI=1S/C31H22Cl2FN3O8/c32-30-13-22-20(9-10-21-24(22)27(40)35(26(21)39)17-2-1-3-18(12-17)37(43)44)25(23-11-8-19(14-38)45-23)31(30,33)29(42)36(28(30)41)16-6-4-15(34)5-7-16/h1-9,11-12,21-22,24-25,38H,10,13-14H2/t21-,22+,24-,25+,30+,31-/m0/s1. The van der Waals surface area contributed by atoms with Crippen molar-refractivity contribution < 1.29 is 38.0 Å². The summed E-state index contributed by atoms with van der Waals surface area (Å²) in [4.78, 5) is 64.4. The van der Waals surface area contributed by atoms with E-state index in [1.165, 1.54) is 42.5 Å². The van der Waals surface area contributed by atoms with E-state index in [0.717, 1.165) is 28.0 Å². The number of nitro benzene ring substituents is 1. The molecule has 2 aliphatic heterocycles. The summed E-state index contributed by atoms with van der Waals surface area (Å²) in [5.41, 5.74) is 0.224. The van der Waals surface area contributed by atoms with Crippen molar-refractivity contribution in [1.82, 2.24) is 0 Å². The third-order valence-corrected chi connectivity index (χ3v) is 10.7. The summed E-state index contributed by atoms with van der Waals surface area (Å²) in [5, 5.41) is 21.1. The molecule has 0 radical (unpaired) electrons. The minimum Gasteiger partial charge on any atom is -0.463 e. The fraction of sp³-hybridized carbons (Fsp3) is 0.290. The van der Waals surface area contributed by atoms with Crippen molar-refractivity contribution in [2.45, 2.75) is 35.1 Å². The second-order valence-corrected chi connectivity index (χ2v) is 12.7. The molecule has 4 aliphatic rings. The summed E-state index contributed by atoms with van der Waals surface area (Å²) in [6.07, 6.45) is 1.47. The number of benzene rings is 2. The summed E-state index contributed by atoms with van der Waals surface area (Å²) in [5.74, 6) is -7.28. The number of hydrogen-bond donors (Lipinski definition) is 1. The molecule has 45 heavy (non-hydrogen) atoms. The van der Waals surface area contributed by atoms with Gasteiger partial charge in [-0.1, -0.05) is 17.7 Å². The van der Waals surface area contributed by atoms with Gasteiger partial charge in [-0.25, -0.2) is 14.2 Å². The number of imide groups is 2. The number of carbonyl (C=O) groups excluding carboxylic acids is 4. The summed E-state index contributed by atoms with van der Waals surface area (Å²) in [6, 6.07) is 12.8. The maximum absolute atomic E-state index is 14.3. The molecule has 7 rings (SSSR count). The van der Waals surface area contributed by atoms with Gasteiger partial charge in [0.1, 0.15) is 23.9 Å². The number of aliphatic hydroxyl groups excluding tert-OH is 1. The van der Waals surface area contributed by atoms with Gasteiger partial charge in [0.05, 0.1) is 34.1 Å². The molecule has 3 heterocycles. The Morgan fingerprint density at radius 3 is 2.36 bits per heavy atom. The Bertz CT molecular complexity index is 1860. The number of anilines is 2. The molecule has 14 heteroatoms. The van der Waals surface area contributed by atoms with E-state index in [4.69, 9.17) is 27.6 Å². The smallest absolute Gasteiger partial charge is 0.271 e. The van der Waals surface area contributed by atoms with Crippen LogP contribution in [-0.4, -0.2) is 43.4 Å². The van der Waals surface area contributed by atoms with Gasteiger partial charge in [-0.3, -0.25) is 29.3 Å². The van der Waals surface area contributed by atoms with Gasteiger partial charge in [-0.05, 0) is 61.2 Å². The van der Waals surface area contributed by atoms with Gasteiger partial charge < -0.3 is 9.52 Å². The van der Waals surface area contributed by atoms with Crippen LogP contribution in [0.2, 0.25) is 0 Å². The van der Waals surface area contributed by atoms with Gasteiger partial charge in [0.25, 0.3) is 17.5 Å². The molecule has 11 nitrogen and oxygen atoms in total. The number of non-ortho nitro benzene ring substituents is 1. The average Bonchev–Trinajstić information content (AvgIpc) is 3.64. The Hall–Kier alpha value is -4.39. The molecule has 2 saturated heterocycles. The monoisotopic (exact) mass is 653 g/mol. The Morgan fingerprint density at radius 2 is 1.69 bits per heavy atom. The van der Waals surface area contributed by atoms with Gasteiger partial charge >= 0.3 is 0 Å². The number of rotatable bonds is 5. The van der Waals surface area contributed by atoms with Crippen molar-refractivity contribution in [3.8, 4) is 0 Å². The van der Waals surface area contributed by atoms with Crippen molar-refractivity contribution in [3.05, 3.63) is 99.8 Å². The Balaban J connectivity index is 1.37. The van der Waals surface area contributed by atoms with E-state index in [9.17, 15) is 38.8 Å². The summed E-state index contributed by atoms with van der Waals surface area (Å²) in [7, 11) is 0. The van der Waals surface area contributed by atoms with Crippen LogP contribution in [-0.2, 0) is 25.8 Å². The molecule has 1 saturated carbocycles. The lowest BCUT2D eigenvalue weighted by atomic mass is 9.57. The van der Waals surface area contributed by atoms with Crippen LogP contribution in [0.3, 0.4) is 0 Å². The van der Waals surface area contributed by atoms with Gasteiger partial charge in [0.2, 0.25) is 11.8 Å². The minimum atomic E-state index is -2.18. The maximum Gasteiger partial charge on any atom is 0.271 e. The molecule has 0 spiro atoms. The molecule has 0 bridgehead atoms. The first kappa shape index (κ1) is 29.3. The number of alkyl halides is 2. The molecule has 230 valence electrons. The highest BCUT2D eigenvalue weighted by molar-refractivity contribution is 6.58. The van der Waals surface area contributed by atoms with E-state index in [1.807, 2.05) is 0 Å². The Kier molecular flexibility index (Phi) is 6.56. The van der Waals surface area contributed by atoms with Crippen LogP contribution in [0.15, 0.2) is 76.7 Å². The van der Waals surface area contributed by atoms with Crippen molar-refractivity contribution >= 4 is 63.9 Å². The predicted molar refractivity (Wildman–Crippen MR) is 157 cm³/mol. The molecular weight excluding hydrogens is 632 g/mol. The summed E-state index contributed by atoms with van der Waals surface area (Å²) in [6.45, 7) is -0.471. The fourth-order valence-corrected chi connectivity index (χ4v) is 8.26. The zero-order valence-corrected chi connectivity index (χ0v) is 24.6. The number of fused-ring (bicyclic) bond motifs is 4. The first-order chi connectivity index (χ1) is 21.4. The number of nitro groups is 1. The number of nitrogens with zero attached hydrogens (tertiary/aromatic N) is 3. The first-order valence-electron chi connectivity index (χ1n) is 14.0. The lowest BCUT2D eigenvalue weighted by molar-refractivity contribution is -0.384. The number of allylic oxidation sites excluding steroid dienone is 2. The molecule has 3 fully saturated rings. The van der Waals surface area contributed by atoms with Crippen molar-refractivity contribution in [3.63, 3.8) is 0 Å². The van der Waals surface area contributed by atoms with Crippen LogP contribution in [0, 0.1) is 33.7 Å². The Labute approximate surface area is 263 Å². The van der Waals surface area contributed by atoms with Crippen LogP contribution in [0.25, 0.3) is 0 Å². The molecule has 6 atom stereocenters. The summed E-state index contributed by atoms with van der Waals surface area (Å²) < 4.78 is 19.6. The predicted octanol–water partition coefficient (Wildman–Crippen LogP) is 4.59. The number of hydrogen-bond acceptors (Lipinski definition) is 8. The minimum absolute atomic E-state index is 0.0306. The number of furan rings is 1. The third kappa shape index (κ3) is 3.92. The Morgan fingerprint density at radius 1 is 0.956 bits per heavy atom. The van der Waals surface area contributed by atoms with Crippen LogP contribution in [0.5, 0.6) is 0 Å². The zero-order valence-electron chi connectivity index (χ0n) is 23.1. The fourth-order valence-electron chi connectivity index (χ4n) is 7.35. The largest absolute Gasteiger partial charge is 0.463 e. The van der Waals surface area contributed by atoms with Crippen LogP contribution in [0.4, 0.5) is 21.5 Å². The van der Waals surface area contributed by atoms with Crippen LogP contribution < -0.4 is 9.80 Å². The normalized spacial score (nSPS) is 30.7. The molecule has 4 amide bonds. The molecule has 0 unspecified atom stereocenters. The zero-order chi connectivity index (χ0) is 32.0. The second kappa shape index (κ2) is 10.1. The quantitative estimate of drug-likeness (QED) is 0.138. The molecule has 2 aliphatic carbocycles. The number of carbonyl (C=O) groups is 4. The van der Waals surface area contributed by atoms with Crippen molar-refractivity contribution in [1.29, 1.82) is 0 Å². The SMILES string of the molecule is O=C1[C@H]2[C@H](CC=C3[C@H]2C[C@@]2(Cl)C(=O)N(c4ccc(F)cc4)C(=O)[C@@]2(Cl)[C@H]3c2ccc(CO)o2)C(=O)N1c1cccc([N+](=O)[O-])c1. The second-order valence-electron chi connectivity index (χ2n) is 11.5. The van der Waals surface area contributed by atoms with Crippen LogP contribution >= 0.6 is 23.2 Å². The van der Waals surface area contributed by atoms with E-state index >= 15 is 0 Å². The van der Waals surface area contributed by atoms with Crippen molar-refractivity contribution in [2.24, 2.45) is 17.8 Å². The molecular formula is C31H22Cl2FN3O8. The van der Waals surface area contributed by atoms with Crippen molar-refractivity contribution in [2.75, 3.05) is 9.80 Å².